The molecule has 0 amide bonds. The van der Waals surface area contributed by atoms with Gasteiger partial charge in [-0.2, -0.15) is 0 Å². The average molecular weight is 144 g/mol. The van der Waals surface area contributed by atoms with Crippen molar-refractivity contribution in [2.45, 2.75) is 12.5 Å². The molecule has 0 spiro atoms. The topological polar surface area (TPSA) is 66.8 Å². The third kappa shape index (κ3) is 1.11. The van der Waals surface area contributed by atoms with Crippen molar-refractivity contribution in [2.75, 3.05) is 6.61 Å². The Labute approximate surface area is 57.7 Å². The van der Waals surface area contributed by atoms with Gasteiger partial charge in [-0.15, -0.1) is 0 Å². The van der Waals surface area contributed by atoms with E-state index in [1.165, 1.54) is 0 Å². The smallest absolute Gasteiger partial charge is 0.240 e. The summed E-state index contributed by atoms with van der Waals surface area (Å²) in [7, 11) is 0. The minimum Gasteiger partial charge on any atom is -0.502 e. The fourth-order valence-electron chi connectivity index (χ4n) is 0.748. The highest BCUT2D eigenvalue weighted by molar-refractivity contribution is 5.98. The second kappa shape index (κ2) is 2.70. The monoisotopic (exact) mass is 144 g/mol. The summed E-state index contributed by atoms with van der Waals surface area (Å²) in [5.74, 6) is -0.812. The molecule has 0 radical (unpaired) electrons. The summed E-state index contributed by atoms with van der Waals surface area (Å²) in [5, 5.41) is 17.1. The van der Waals surface area contributed by atoms with E-state index in [0.717, 1.165) is 6.26 Å². The summed E-state index contributed by atoms with van der Waals surface area (Å²) in [6, 6.07) is 0. The van der Waals surface area contributed by atoms with E-state index >= 15 is 0 Å². The molecule has 2 N–H and O–H groups in total. The van der Waals surface area contributed by atoms with Gasteiger partial charge in [0.1, 0.15) is 6.26 Å². The molecular weight excluding hydrogens is 136 g/mol. The molecule has 0 saturated heterocycles. The summed E-state index contributed by atoms with van der Waals surface area (Å²) in [6.45, 7) is -0.114. The van der Waals surface area contributed by atoms with E-state index in [-0.39, 0.29) is 18.8 Å². The lowest BCUT2D eigenvalue weighted by Gasteiger charge is -2.04. The molecule has 4 heteroatoms. The SMILES string of the molecule is O=C1C(O)=COC1CCO. The lowest BCUT2D eigenvalue weighted by Crippen LogP contribution is -2.19. The molecule has 56 valence electrons. The van der Waals surface area contributed by atoms with Gasteiger partial charge >= 0.3 is 0 Å². The Morgan fingerprint density at radius 2 is 2.40 bits per heavy atom. The molecule has 0 aliphatic carbocycles. The Balaban J connectivity index is 2.48. The number of rotatable bonds is 2. The molecule has 1 rings (SSSR count). The van der Waals surface area contributed by atoms with Crippen LogP contribution < -0.4 is 0 Å². The molecule has 1 heterocycles. The number of aliphatic hydroxyl groups excluding tert-OH is 2. The molecule has 0 aromatic carbocycles. The lowest BCUT2D eigenvalue weighted by atomic mass is 10.2. The summed E-state index contributed by atoms with van der Waals surface area (Å²) in [4.78, 5) is 10.7. The van der Waals surface area contributed by atoms with Crippen LogP contribution in [0.4, 0.5) is 0 Å². The third-order valence-corrected chi connectivity index (χ3v) is 1.28. The van der Waals surface area contributed by atoms with Gasteiger partial charge in [-0.3, -0.25) is 4.79 Å². The quantitative estimate of drug-likeness (QED) is 0.560. The van der Waals surface area contributed by atoms with Crippen molar-refractivity contribution in [2.24, 2.45) is 0 Å². The molecule has 1 unspecified atom stereocenters. The van der Waals surface area contributed by atoms with E-state index in [0.29, 0.717) is 0 Å². The maximum atomic E-state index is 10.7. The molecule has 1 aliphatic rings. The number of ether oxygens (including phenoxy) is 1. The van der Waals surface area contributed by atoms with Crippen LogP contribution in [-0.4, -0.2) is 28.7 Å². The maximum Gasteiger partial charge on any atom is 0.240 e. The number of Topliss-reactive ketones (excluding diaryl/α,β-unsaturated/α-hetero) is 1. The molecule has 4 nitrogen and oxygen atoms in total. The predicted molar refractivity (Wildman–Crippen MR) is 32.3 cm³/mol. The maximum absolute atomic E-state index is 10.7. The number of carbonyl (C=O) groups excluding carboxylic acids is 1. The first kappa shape index (κ1) is 7.08. The number of hydrogen-bond donors (Lipinski definition) is 2. The van der Waals surface area contributed by atoms with E-state index in [4.69, 9.17) is 14.9 Å². The van der Waals surface area contributed by atoms with Crippen LogP contribution in [0.2, 0.25) is 0 Å². The minimum atomic E-state index is -0.676. The Bertz CT molecular complexity index is 173. The number of ketones is 1. The van der Waals surface area contributed by atoms with Crippen LogP contribution in [0.25, 0.3) is 0 Å². The molecule has 0 bridgehead atoms. The summed E-state index contributed by atoms with van der Waals surface area (Å²) in [5.41, 5.74) is 0. The van der Waals surface area contributed by atoms with E-state index < -0.39 is 11.9 Å². The third-order valence-electron chi connectivity index (χ3n) is 1.28. The Morgan fingerprint density at radius 3 is 2.80 bits per heavy atom. The predicted octanol–water partition coefficient (Wildman–Crippen LogP) is -0.264. The molecule has 0 aromatic heterocycles. The number of hydrogen-bond acceptors (Lipinski definition) is 4. The molecule has 0 aromatic rings. The number of carbonyl (C=O) groups is 1. The second-order valence-electron chi connectivity index (χ2n) is 2.00. The van der Waals surface area contributed by atoms with Crippen LogP contribution in [0, 0.1) is 0 Å². The van der Waals surface area contributed by atoms with Gasteiger partial charge in [0.2, 0.25) is 5.78 Å². The lowest BCUT2D eigenvalue weighted by molar-refractivity contribution is -0.123. The zero-order valence-electron chi connectivity index (χ0n) is 5.28. The second-order valence-corrected chi connectivity index (χ2v) is 2.00. The summed E-state index contributed by atoms with van der Waals surface area (Å²) >= 11 is 0. The molecule has 1 aliphatic heterocycles. The van der Waals surface area contributed by atoms with E-state index in [2.05, 4.69) is 0 Å². The van der Waals surface area contributed by atoms with Crippen molar-refractivity contribution in [1.29, 1.82) is 0 Å². The average Bonchev–Trinajstić information content (AvgIpc) is 2.20. The first-order valence-electron chi connectivity index (χ1n) is 2.95. The highest BCUT2D eigenvalue weighted by atomic mass is 16.5. The first-order chi connectivity index (χ1) is 4.75. The minimum absolute atomic E-state index is 0.114. The van der Waals surface area contributed by atoms with Crippen molar-refractivity contribution < 1.29 is 19.7 Å². The van der Waals surface area contributed by atoms with E-state index in [1.54, 1.807) is 0 Å². The molecular formula is C6H8O4. The standard InChI is InChI=1S/C6H8O4/c7-2-1-5-6(9)4(8)3-10-5/h3,5,7-8H,1-2H2. The molecule has 0 fully saturated rings. The van der Waals surface area contributed by atoms with E-state index in [1.807, 2.05) is 0 Å². The Kier molecular flexibility index (Phi) is 1.91. The van der Waals surface area contributed by atoms with Gasteiger partial charge in [0, 0.05) is 13.0 Å². The van der Waals surface area contributed by atoms with Crippen LogP contribution in [0.15, 0.2) is 12.0 Å². The Hall–Kier alpha value is -1.03. The van der Waals surface area contributed by atoms with Crippen molar-refractivity contribution >= 4 is 5.78 Å². The fourth-order valence-corrected chi connectivity index (χ4v) is 0.748. The summed E-state index contributed by atoms with van der Waals surface area (Å²) < 4.78 is 4.70. The van der Waals surface area contributed by atoms with Crippen LogP contribution in [0.1, 0.15) is 6.42 Å². The number of aliphatic hydroxyl groups is 2. The largest absolute Gasteiger partial charge is 0.502 e. The van der Waals surface area contributed by atoms with Crippen molar-refractivity contribution in [3.05, 3.63) is 12.0 Å². The van der Waals surface area contributed by atoms with Crippen molar-refractivity contribution in [3.8, 4) is 0 Å². The van der Waals surface area contributed by atoms with Gasteiger partial charge in [0.15, 0.2) is 11.9 Å². The van der Waals surface area contributed by atoms with Crippen molar-refractivity contribution in [3.63, 3.8) is 0 Å². The zero-order valence-corrected chi connectivity index (χ0v) is 5.28. The van der Waals surface area contributed by atoms with Crippen LogP contribution in [0.5, 0.6) is 0 Å². The first-order valence-corrected chi connectivity index (χ1v) is 2.95. The van der Waals surface area contributed by atoms with Gasteiger partial charge in [0.05, 0.1) is 0 Å². The van der Waals surface area contributed by atoms with Gasteiger partial charge in [0.25, 0.3) is 0 Å². The Morgan fingerprint density at radius 1 is 1.70 bits per heavy atom. The fraction of sp³-hybridized carbons (Fsp3) is 0.500. The molecule has 10 heavy (non-hydrogen) atoms. The normalized spacial score (nSPS) is 24.3. The van der Waals surface area contributed by atoms with Crippen molar-refractivity contribution in [1.82, 2.24) is 0 Å². The van der Waals surface area contributed by atoms with Crippen LogP contribution in [0.3, 0.4) is 0 Å². The van der Waals surface area contributed by atoms with E-state index in [9.17, 15) is 4.79 Å². The van der Waals surface area contributed by atoms with Gasteiger partial charge in [-0.05, 0) is 0 Å². The van der Waals surface area contributed by atoms with Crippen LogP contribution in [-0.2, 0) is 9.53 Å². The summed E-state index contributed by atoms with van der Waals surface area (Å²) in [6.07, 6.45) is 0.562. The van der Waals surface area contributed by atoms with Gasteiger partial charge < -0.3 is 14.9 Å². The highest BCUT2D eigenvalue weighted by Crippen LogP contribution is 2.13. The van der Waals surface area contributed by atoms with Crippen LogP contribution >= 0.6 is 0 Å². The van der Waals surface area contributed by atoms with Gasteiger partial charge in [-0.1, -0.05) is 0 Å². The molecule has 1 atom stereocenters. The molecule has 0 saturated carbocycles. The van der Waals surface area contributed by atoms with Gasteiger partial charge in [-0.25, -0.2) is 0 Å². The zero-order chi connectivity index (χ0) is 7.56. The highest BCUT2D eigenvalue weighted by Gasteiger charge is 2.27.